The molecule has 0 spiro atoms. The van der Waals surface area contributed by atoms with Crippen LogP contribution < -0.4 is 5.32 Å². The molecule has 1 amide bonds. The minimum atomic E-state index is -0.477. The van der Waals surface area contributed by atoms with E-state index in [4.69, 9.17) is 0 Å². The summed E-state index contributed by atoms with van der Waals surface area (Å²) in [6.45, 7) is 4.73. The lowest BCUT2D eigenvalue weighted by Crippen LogP contribution is -2.33. The van der Waals surface area contributed by atoms with E-state index in [9.17, 15) is 9.59 Å². The molecule has 3 nitrogen and oxygen atoms in total. The molecule has 0 fully saturated rings. The Morgan fingerprint density at radius 1 is 1.18 bits per heavy atom. The fourth-order valence-electron chi connectivity index (χ4n) is 1.43. The van der Waals surface area contributed by atoms with Crippen LogP contribution in [-0.2, 0) is 16.0 Å². The Bertz CT molecular complexity index is 371. The van der Waals surface area contributed by atoms with Crippen LogP contribution in [0.4, 0.5) is 0 Å². The Labute approximate surface area is 102 Å². The van der Waals surface area contributed by atoms with E-state index in [0.717, 1.165) is 12.0 Å². The molecular formula is C14H19NO2. The summed E-state index contributed by atoms with van der Waals surface area (Å²) < 4.78 is 0. The van der Waals surface area contributed by atoms with E-state index in [2.05, 4.69) is 19.2 Å². The Morgan fingerprint density at radius 3 is 2.41 bits per heavy atom. The Hall–Kier alpha value is -1.64. The van der Waals surface area contributed by atoms with Gasteiger partial charge in [0.15, 0.2) is 0 Å². The Morgan fingerprint density at radius 2 is 1.82 bits per heavy atom. The van der Waals surface area contributed by atoms with Crippen molar-refractivity contribution in [2.45, 2.75) is 26.7 Å². The van der Waals surface area contributed by atoms with Gasteiger partial charge in [-0.3, -0.25) is 9.59 Å². The Balaban J connectivity index is 2.35. The van der Waals surface area contributed by atoms with Crippen LogP contribution in [0.1, 0.15) is 25.8 Å². The quantitative estimate of drug-likeness (QED) is 0.763. The number of Topliss-reactive ketones (excluding diaryl/α,β-unsaturated/α-hetero) is 1. The first-order chi connectivity index (χ1) is 8.09. The van der Waals surface area contributed by atoms with Gasteiger partial charge >= 0.3 is 0 Å². The van der Waals surface area contributed by atoms with E-state index >= 15 is 0 Å². The highest BCUT2D eigenvalue weighted by molar-refractivity contribution is 6.36. The molecule has 0 saturated carbocycles. The number of rotatable bonds is 6. The van der Waals surface area contributed by atoms with E-state index < -0.39 is 5.91 Å². The van der Waals surface area contributed by atoms with Gasteiger partial charge in [-0.05, 0) is 17.9 Å². The highest BCUT2D eigenvalue weighted by Gasteiger charge is 2.13. The molecule has 0 aliphatic carbocycles. The molecule has 0 saturated heterocycles. The molecule has 0 unspecified atom stereocenters. The van der Waals surface area contributed by atoms with E-state index in [1.807, 2.05) is 30.3 Å². The van der Waals surface area contributed by atoms with Crippen LogP contribution in [0.3, 0.4) is 0 Å². The van der Waals surface area contributed by atoms with Crippen molar-refractivity contribution in [3.63, 3.8) is 0 Å². The van der Waals surface area contributed by atoms with Gasteiger partial charge in [-0.15, -0.1) is 0 Å². The molecule has 0 heterocycles. The number of ketones is 1. The average Bonchev–Trinajstić information content (AvgIpc) is 2.29. The molecule has 17 heavy (non-hydrogen) atoms. The van der Waals surface area contributed by atoms with Gasteiger partial charge in [0.2, 0.25) is 5.78 Å². The van der Waals surface area contributed by atoms with E-state index in [-0.39, 0.29) is 12.2 Å². The fourth-order valence-corrected chi connectivity index (χ4v) is 1.43. The number of hydrogen-bond donors (Lipinski definition) is 1. The van der Waals surface area contributed by atoms with Crippen molar-refractivity contribution in [2.75, 3.05) is 6.54 Å². The second-order valence-electron chi connectivity index (χ2n) is 4.52. The number of amides is 1. The molecule has 1 aromatic rings. The standard InChI is InChI=1S/C14H19NO2/c1-11(2)8-9-15-14(17)13(16)10-12-6-4-3-5-7-12/h3-7,11H,8-10H2,1-2H3,(H,15,17). The summed E-state index contributed by atoms with van der Waals surface area (Å²) in [5, 5.41) is 2.65. The zero-order valence-corrected chi connectivity index (χ0v) is 10.4. The molecule has 0 atom stereocenters. The van der Waals surface area contributed by atoms with Crippen molar-refractivity contribution in [1.82, 2.24) is 5.32 Å². The third-order valence-corrected chi connectivity index (χ3v) is 2.47. The van der Waals surface area contributed by atoms with Crippen LogP contribution >= 0.6 is 0 Å². The minimum Gasteiger partial charge on any atom is -0.349 e. The summed E-state index contributed by atoms with van der Waals surface area (Å²) in [7, 11) is 0. The van der Waals surface area contributed by atoms with Crippen molar-refractivity contribution < 1.29 is 9.59 Å². The van der Waals surface area contributed by atoms with Crippen LogP contribution in [-0.4, -0.2) is 18.2 Å². The summed E-state index contributed by atoms with van der Waals surface area (Å²) in [4.78, 5) is 23.0. The van der Waals surface area contributed by atoms with Crippen molar-refractivity contribution in [3.05, 3.63) is 35.9 Å². The molecule has 1 N–H and O–H groups in total. The predicted octanol–water partition coefficient (Wildman–Crippen LogP) is 1.96. The second kappa shape index (κ2) is 6.84. The van der Waals surface area contributed by atoms with E-state index in [0.29, 0.717) is 12.5 Å². The molecule has 1 aromatic carbocycles. The molecule has 3 heteroatoms. The Kier molecular flexibility index (Phi) is 5.40. The highest BCUT2D eigenvalue weighted by Crippen LogP contribution is 2.00. The van der Waals surface area contributed by atoms with Crippen LogP contribution in [0.15, 0.2) is 30.3 Å². The first-order valence-electron chi connectivity index (χ1n) is 5.94. The molecule has 0 aliphatic heterocycles. The normalized spacial score (nSPS) is 10.3. The maximum atomic E-state index is 11.6. The third-order valence-electron chi connectivity index (χ3n) is 2.47. The van der Waals surface area contributed by atoms with Gasteiger partial charge < -0.3 is 5.32 Å². The van der Waals surface area contributed by atoms with Gasteiger partial charge in [-0.2, -0.15) is 0 Å². The first-order valence-corrected chi connectivity index (χ1v) is 5.94. The monoisotopic (exact) mass is 233 g/mol. The van der Waals surface area contributed by atoms with Gasteiger partial charge in [0.05, 0.1) is 0 Å². The average molecular weight is 233 g/mol. The van der Waals surface area contributed by atoms with Gasteiger partial charge in [-0.25, -0.2) is 0 Å². The smallest absolute Gasteiger partial charge is 0.287 e. The molecule has 0 bridgehead atoms. The van der Waals surface area contributed by atoms with Crippen molar-refractivity contribution in [2.24, 2.45) is 5.92 Å². The summed E-state index contributed by atoms with van der Waals surface area (Å²) in [5.74, 6) is -0.325. The maximum absolute atomic E-state index is 11.6. The molecule has 1 rings (SSSR count). The van der Waals surface area contributed by atoms with Gasteiger partial charge in [0.1, 0.15) is 0 Å². The maximum Gasteiger partial charge on any atom is 0.287 e. The molecule has 0 aromatic heterocycles. The van der Waals surface area contributed by atoms with Crippen LogP contribution in [0.25, 0.3) is 0 Å². The first kappa shape index (κ1) is 13.4. The molecule has 0 radical (unpaired) electrons. The van der Waals surface area contributed by atoms with Crippen LogP contribution in [0.2, 0.25) is 0 Å². The van der Waals surface area contributed by atoms with E-state index in [1.54, 1.807) is 0 Å². The number of nitrogens with one attached hydrogen (secondary N) is 1. The summed E-state index contributed by atoms with van der Waals surface area (Å²) >= 11 is 0. The summed E-state index contributed by atoms with van der Waals surface area (Å²) in [5.41, 5.74) is 0.872. The van der Waals surface area contributed by atoms with Gasteiger partial charge in [0.25, 0.3) is 5.91 Å². The van der Waals surface area contributed by atoms with E-state index in [1.165, 1.54) is 0 Å². The molecular weight excluding hydrogens is 214 g/mol. The lowest BCUT2D eigenvalue weighted by molar-refractivity contribution is -0.137. The SMILES string of the molecule is CC(C)CCNC(=O)C(=O)Cc1ccccc1. The van der Waals surface area contributed by atoms with Gasteiger partial charge in [-0.1, -0.05) is 44.2 Å². The molecule has 0 aliphatic rings. The van der Waals surface area contributed by atoms with Crippen LogP contribution in [0.5, 0.6) is 0 Å². The highest BCUT2D eigenvalue weighted by atomic mass is 16.2. The lowest BCUT2D eigenvalue weighted by Gasteiger charge is -2.06. The fraction of sp³-hybridized carbons (Fsp3) is 0.429. The largest absolute Gasteiger partial charge is 0.349 e. The van der Waals surface area contributed by atoms with Crippen molar-refractivity contribution in [3.8, 4) is 0 Å². The predicted molar refractivity (Wildman–Crippen MR) is 67.6 cm³/mol. The zero-order chi connectivity index (χ0) is 12.7. The zero-order valence-electron chi connectivity index (χ0n) is 10.4. The number of hydrogen-bond acceptors (Lipinski definition) is 2. The summed E-state index contributed by atoms with van der Waals surface area (Å²) in [6.07, 6.45) is 1.07. The van der Waals surface area contributed by atoms with Crippen molar-refractivity contribution >= 4 is 11.7 Å². The number of carbonyl (C=O) groups excluding carboxylic acids is 2. The van der Waals surface area contributed by atoms with Crippen LogP contribution in [0, 0.1) is 5.92 Å². The summed E-state index contributed by atoms with van der Waals surface area (Å²) in [6, 6.07) is 9.30. The number of benzene rings is 1. The second-order valence-corrected chi connectivity index (χ2v) is 4.52. The number of carbonyl (C=O) groups is 2. The third kappa shape index (κ3) is 5.29. The molecule has 92 valence electrons. The lowest BCUT2D eigenvalue weighted by atomic mass is 10.1. The minimum absolute atomic E-state index is 0.175. The van der Waals surface area contributed by atoms with Gasteiger partial charge in [0, 0.05) is 13.0 Å². The van der Waals surface area contributed by atoms with Crippen molar-refractivity contribution in [1.29, 1.82) is 0 Å². The topological polar surface area (TPSA) is 46.2 Å².